The van der Waals surface area contributed by atoms with Crippen LogP contribution in [0.15, 0.2) is 94.5 Å². The number of halogens is 1. The van der Waals surface area contributed by atoms with E-state index in [9.17, 15) is 9.59 Å². The van der Waals surface area contributed by atoms with E-state index < -0.39 is 10.9 Å². The fourth-order valence-electron chi connectivity index (χ4n) is 6.06. The summed E-state index contributed by atoms with van der Waals surface area (Å²) in [6.07, 6.45) is 7.47. The Morgan fingerprint density at radius 2 is 1.00 bits per heavy atom. The van der Waals surface area contributed by atoms with Gasteiger partial charge in [0.25, 0.3) is 5.43 Å². The molecule has 0 saturated carbocycles. The topological polar surface area (TPSA) is 97.3 Å². The van der Waals surface area contributed by atoms with Gasteiger partial charge in [-0.1, -0.05) is 84.9 Å². The minimum Gasteiger partial charge on any atom is -0.657 e. The predicted octanol–water partition coefficient (Wildman–Crippen LogP) is 7.90. The summed E-state index contributed by atoms with van der Waals surface area (Å²) in [6.45, 7) is 3.65. The van der Waals surface area contributed by atoms with Gasteiger partial charge in [0.2, 0.25) is 5.43 Å². The third-order valence-corrected chi connectivity index (χ3v) is 9.25. The molecule has 0 fully saturated rings. The number of hydrogen-bond acceptors (Lipinski definition) is 5. The Balaban J connectivity index is 0.00000364. The molecule has 3 aromatic heterocycles. The summed E-state index contributed by atoms with van der Waals surface area (Å²) in [7, 11) is 0. The molecule has 0 radical (unpaired) electrons. The molecular formula is C39H25IN4O3Zn. The second-order valence-corrected chi connectivity index (χ2v) is 12.6. The van der Waals surface area contributed by atoms with Gasteiger partial charge in [0, 0.05) is 9.13 Å². The van der Waals surface area contributed by atoms with E-state index >= 15 is 0 Å². The second-order valence-electron chi connectivity index (χ2n) is 11.6. The van der Waals surface area contributed by atoms with Crippen molar-refractivity contribution in [2.75, 3.05) is 0 Å². The molecule has 0 unspecified atom stereocenters. The molecule has 2 aliphatic rings. The Bertz CT molecular complexity index is 2490. The van der Waals surface area contributed by atoms with Gasteiger partial charge in [0.1, 0.15) is 0 Å². The third kappa shape index (κ3) is 5.41. The van der Waals surface area contributed by atoms with Crippen molar-refractivity contribution in [3.63, 3.8) is 0 Å². The molecule has 0 aliphatic carbocycles. The van der Waals surface area contributed by atoms with Crippen LogP contribution in [0.2, 0.25) is 0 Å². The molecule has 2 aliphatic heterocycles. The van der Waals surface area contributed by atoms with E-state index in [0.29, 0.717) is 28.0 Å². The van der Waals surface area contributed by atoms with Crippen LogP contribution in [0.25, 0.3) is 79.8 Å². The van der Waals surface area contributed by atoms with E-state index in [1.807, 2.05) is 123 Å². The molecular weight excluding hydrogens is 765 g/mol. The van der Waals surface area contributed by atoms with Gasteiger partial charge < -0.3 is 14.7 Å². The molecule has 6 aromatic rings. The second kappa shape index (κ2) is 12.7. The summed E-state index contributed by atoms with van der Waals surface area (Å²) < 4.78 is 6.82. The van der Waals surface area contributed by atoms with Crippen molar-refractivity contribution in [2.24, 2.45) is 0 Å². The molecule has 0 atom stereocenters. The number of nitrogens with zero attached hydrogens (tertiary/aromatic N) is 4. The molecule has 7 nitrogen and oxygen atoms in total. The first-order valence-corrected chi connectivity index (χ1v) is 16.3. The molecule has 0 spiro atoms. The van der Waals surface area contributed by atoms with Crippen LogP contribution < -0.4 is 25.6 Å². The quantitative estimate of drug-likeness (QED) is 0.0994. The van der Waals surface area contributed by atoms with E-state index in [1.165, 1.54) is 0 Å². The summed E-state index contributed by atoms with van der Waals surface area (Å²) in [5.41, 5.74) is 8.45. The summed E-state index contributed by atoms with van der Waals surface area (Å²) in [5, 5.41) is 0. The zero-order valence-corrected chi connectivity index (χ0v) is 31.2. The molecule has 0 N–H and O–H groups in total. The van der Waals surface area contributed by atoms with E-state index in [4.69, 9.17) is 24.7 Å². The van der Waals surface area contributed by atoms with E-state index in [2.05, 4.69) is 22.6 Å². The van der Waals surface area contributed by atoms with Gasteiger partial charge in [0.15, 0.2) is 5.75 Å². The van der Waals surface area contributed by atoms with Crippen molar-refractivity contribution in [3.8, 4) is 39.1 Å². The first-order chi connectivity index (χ1) is 22.9. The van der Waals surface area contributed by atoms with Gasteiger partial charge in [-0.25, -0.2) is 9.97 Å². The molecule has 0 amide bonds. The van der Waals surface area contributed by atoms with Gasteiger partial charge >= 0.3 is 19.5 Å². The minimum atomic E-state index is -0.646. The summed E-state index contributed by atoms with van der Waals surface area (Å²) in [5.74, 6) is 0.0397. The Morgan fingerprint density at radius 3 is 1.54 bits per heavy atom. The monoisotopic (exact) mass is 788 g/mol. The van der Waals surface area contributed by atoms with Crippen LogP contribution in [0.3, 0.4) is 0 Å². The zero-order valence-electron chi connectivity index (χ0n) is 26.1. The third-order valence-electron chi connectivity index (χ3n) is 8.14. The number of aromatic nitrogens is 4. The van der Waals surface area contributed by atoms with Crippen LogP contribution in [0.4, 0.5) is 0 Å². The summed E-state index contributed by atoms with van der Waals surface area (Å²) in [4.78, 5) is 46.5. The molecule has 5 heterocycles. The molecule has 8 rings (SSSR count). The van der Waals surface area contributed by atoms with Crippen molar-refractivity contribution in [1.82, 2.24) is 19.9 Å². The smallest absolute Gasteiger partial charge is 0.657 e. The largest absolute Gasteiger partial charge is 2.00 e. The first kappa shape index (κ1) is 31.9. The van der Waals surface area contributed by atoms with Crippen molar-refractivity contribution < 1.29 is 24.2 Å². The fourth-order valence-corrected chi connectivity index (χ4v) is 6.66. The molecule has 48 heavy (non-hydrogen) atoms. The van der Waals surface area contributed by atoms with Crippen LogP contribution in [0, 0.1) is 3.57 Å². The number of hydrogen-bond donors (Lipinski definition) is 0. The van der Waals surface area contributed by atoms with Gasteiger partial charge in [0.05, 0.1) is 34.4 Å². The van der Waals surface area contributed by atoms with Crippen LogP contribution in [0.5, 0.6) is 5.75 Å². The predicted molar refractivity (Wildman–Crippen MR) is 196 cm³/mol. The maximum Gasteiger partial charge on any atom is 2.00 e. The van der Waals surface area contributed by atoms with Gasteiger partial charge in [-0.2, -0.15) is 0 Å². The average Bonchev–Trinajstić information content (AvgIpc) is 3.92. The minimum absolute atomic E-state index is 0. The first-order valence-electron chi connectivity index (χ1n) is 15.2. The Labute approximate surface area is 302 Å². The zero-order chi connectivity index (χ0) is 32.2. The average molecular weight is 790 g/mol. The van der Waals surface area contributed by atoms with Gasteiger partial charge in [-0.15, -0.1) is 22.1 Å². The number of ether oxygens (including phenoxy) is 1. The Morgan fingerprint density at radius 1 is 0.562 bits per heavy atom. The maximum atomic E-state index is 13.3. The van der Waals surface area contributed by atoms with Gasteiger partial charge in [-0.3, -0.25) is 9.59 Å². The van der Waals surface area contributed by atoms with Crippen molar-refractivity contribution in [1.29, 1.82) is 0 Å². The van der Waals surface area contributed by atoms with Crippen molar-refractivity contribution in [3.05, 3.63) is 132 Å². The summed E-state index contributed by atoms with van der Waals surface area (Å²) in [6, 6.07) is 27.7. The normalized spacial score (nSPS) is 12.1. The fraction of sp³-hybridized carbons (Fsp3) is 0.0769. The molecule has 0 saturated heterocycles. The Kier molecular flexibility index (Phi) is 8.43. The molecule has 8 bridgehead atoms. The molecule has 228 valence electrons. The van der Waals surface area contributed by atoms with E-state index in [-0.39, 0.29) is 36.9 Å². The van der Waals surface area contributed by atoms with Gasteiger partial charge in [-0.05, 0) is 83.0 Å². The van der Waals surface area contributed by atoms with Crippen LogP contribution in [0.1, 0.15) is 36.6 Å². The van der Waals surface area contributed by atoms with Crippen molar-refractivity contribution in [2.45, 2.75) is 20.0 Å². The number of fused-ring (bicyclic) bond motifs is 8. The number of benzene rings is 2. The molecule has 9 heteroatoms. The van der Waals surface area contributed by atoms with E-state index in [1.54, 1.807) is 0 Å². The maximum absolute atomic E-state index is 13.3. The molecule has 3 aromatic carbocycles. The van der Waals surface area contributed by atoms with Crippen LogP contribution in [-0.2, 0) is 19.5 Å². The van der Waals surface area contributed by atoms with Crippen molar-refractivity contribution >= 4 is 69.0 Å². The van der Waals surface area contributed by atoms with Crippen LogP contribution in [-0.4, -0.2) is 16.1 Å². The Hall–Kier alpha value is -4.73. The number of rotatable bonds is 5. The standard InChI is InChI=1S/C39H27IN4O3.Zn/c1-21(2)47-39-35(37(45)38(39)46)34-28-15-13-24(41-28)32(22-9-5-3-6-10-22)26-17-19-30(43-26)36(40)31-20-18-27(44-31)33(23-11-7-4-8-12-23)25-14-16-29(34)42-25;/h3-21H,1-2H3,(H2,41,42,43,44,45,46);/q;+2/p-2. The summed E-state index contributed by atoms with van der Waals surface area (Å²) >= 11 is 2.31. The van der Waals surface area contributed by atoms with Crippen LogP contribution >= 0.6 is 22.6 Å². The van der Waals surface area contributed by atoms with E-state index in [0.717, 1.165) is 48.2 Å². The SMILES string of the molecule is CC(C)Oc1c(-c2c3nc(c(-c4ccccc4)c4ccc([n-]4)c(I)c4nc(c(-c5ccccc5)c5ccc2[n-]5)C=C4)C=C3)c(=O)c1=O.[Zn+2].